The second-order valence-corrected chi connectivity index (χ2v) is 6.08. The number of hydrogen-bond donors (Lipinski definition) is 1. The molecule has 4 nitrogen and oxygen atoms in total. The molecule has 1 aliphatic rings. The highest BCUT2D eigenvalue weighted by atomic mass is 19.4. The summed E-state index contributed by atoms with van der Waals surface area (Å²) < 4.78 is 39.2. The van der Waals surface area contributed by atoms with Gasteiger partial charge in [-0.15, -0.1) is 0 Å². The van der Waals surface area contributed by atoms with Crippen LogP contribution in [0.25, 0.3) is 0 Å². The second-order valence-electron chi connectivity index (χ2n) is 6.08. The van der Waals surface area contributed by atoms with E-state index < -0.39 is 11.7 Å². The zero-order valence-electron chi connectivity index (χ0n) is 13.3. The van der Waals surface area contributed by atoms with Crippen LogP contribution in [0.1, 0.15) is 25.3 Å². The maximum Gasteiger partial charge on any atom is 0.418 e. The molecule has 3 rings (SSSR count). The molecular weight excluding hydrogens is 317 g/mol. The Bertz CT molecular complexity index is 694. The van der Waals surface area contributed by atoms with Gasteiger partial charge in [0.2, 0.25) is 5.95 Å². The van der Waals surface area contributed by atoms with Crippen molar-refractivity contribution in [1.82, 2.24) is 9.97 Å². The molecule has 0 spiro atoms. The topological polar surface area (TPSA) is 41.1 Å². The third-order valence-corrected chi connectivity index (χ3v) is 4.20. The van der Waals surface area contributed by atoms with Crippen LogP contribution in [0.3, 0.4) is 0 Å². The average molecular weight is 336 g/mol. The first-order chi connectivity index (χ1) is 11.4. The van der Waals surface area contributed by atoms with Gasteiger partial charge in [0, 0.05) is 19.3 Å². The quantitative estimate of drug-likeness (QED) is 0.897. The average Bonchev–Trinajstić information content (AvgIpc) is 2.55. The van der Waals surface area contributed by atoms with Crippen molar-refractivity contribution < 1.29 is 13.2 Å². The first-order valence-electron chi connectivity index (χ1n) is 7.95. The zero-order valence-corrected chi connectivity index (χ0v) is 13.3. The number of benzene rings is 1. The number of anilines is 3. The Morgan fingerprint density at radius 1 is 1.12 bits per heavy atom. The number of alkyl halides is 3. The number of nitrogens with zero attached hydrogens (tertiary/aromatic N) is 3. The molecule has 2 aromatic rings. The molecule has 0 bridgehead atoms. The molecule has 0 radical (unpaired) electrons. The van der Waals surface area contributed by atoms with Crippen LogP contribution in [0.5, 0.6) is 0 Å². The predicted molar refractivity (Wildman–Crippen MR) is 87.4 cm³/mol. The van der Waals surface area contributed by atoms with Crippen molar-refractivity contribution in [2.24, 2.45) is 5.92 Å². The minimum Gasteiger partial charge on any atom is -0.341 e. The molecule has 0 atom stereocenters. The van der Waals surface area contributed by atoms with E-state index in [1.54, 1.807) is 18.3 Å². The first kappa shape index (κ1) is 16.5. The Balaban J connectivity index is 1.81. The fourth-order valence-electron chi connectivity index (χ4n) is 2.76. The summed E-state index contributed by atoms with van der Waals surface area (Å²) in [4.78, 5) is 10.7. The normalized spacial score (nSPS) is 16.2. The molecular formula is C17H19F3N4. The lowest BCUT2D eigenvalue weighted by molar-refractivity contribution is -0.136. The van der Waals surface area contributed by atoms with Gasteiger partial charge in [-0.2, -0.15) is 18.2 Å². The molecule has 0 aliphatic carbocycles. The highest BCUT2D eigenvalue weighted by Crippen LogP contribution is 2.35. The highest BCUT2D eigenvalue weighted by Gasteiger charge is 2.33. The second kappa shape index (κ2) is 6.67. The molecule has 1 aromatic carbocycles. The van der Waals surface area contributed by atoms with Gasteiger partial charge < -0.3 is 10.2 Å². The maximum atomic E-state index is 13.1. The van der Waals surface area contributed by atoms with Crippen molar-refractivity contribution in [3.05, 3.63) is 42.1 Å². The van der Waals surface area contributed by atoms with Crippen LogP contribution in [-0.4, -0.2) is 23.1 Å². The summed E-state index contributed by atoms with van der Waals surface area (Å²) in [6.07, 6.45) is -0.711. The zero-order chi connectivity index (χ0) is 17.2. The summed E-state index contributed by atoms with van der Waals surface area (Å²) in [5, 5.41) is 2.77. The molecule has 1 fully saturated rings. The third-order valence-electron chi connectivity index (χ3n) is 4.20. The minimum atomic E-state index is -4.41. The molecule has 24 heavy (non-hydrogen) atoms. The van der Waals surface area contributed by atoms with Crippen molar-refractivity contribution in [3.63, 3.8) is 0 Å². The van der Waals surface area contributed by atoms with E-state index in [-0.39, 0.29) is 5.69 Å². The van der Waals surface area contributed by atoms with Gasteiger partial charge in [-0.3, -0.25) is 0 Å². The van der Waals surface area contributed by atoms with Gasteiger partial charge >= 0.3 is 6.18 Å². The fourth-order valence-corrected chi connectivity index (χ4v) is 2.76. The van der Waals surface area contributed by atoms with Crippen molar-refractivity contribution in [3.8, 4) is 0 Å². The Kier molecular flexibility index (Phi) is 4.59. The number of piperidine rings is 1. The standard InChI is InChI=1S/C17H19F3N4/c1-12-7-10-24(11-8-12)16-21-9-6-15(23-16)22-14-5-3-2-4-13(14)17(18,19)20/h2-6,9,12H,7-8,10-11H2,1H3,(H,21,22,23). The highest BCUT2D eigenvalue weighted by molar-refractivity contribution is 5.62. The number of halogens is 3. The van der Waals surface area contributed by atoms with E-state index in [2.05, 4.69) is 27.1 Å². The van der Waals surface area contributed by atoms with E-state index in [4.69, 9.17) is 0 Å². The van der Waals surface area contributed by atoms with Crippen LogP contribution in [0.15, 0.2) is 36.5 Å². The Morgan fingerprint density at radius 3 is 2.54 bits per heavy atom. The van der Waals surface area contributed by atoms with E-state index in [0.717, 1.165) is 32.0 Å². The van der Waals surface area contributed by atoms with Crippen LogP contribution in [0.2, 0.25) is 0 Å². The van der Waals surface area contributed by atoms with Crippen molar-refractivity contribution in [2.75, 3.05) is 23.3 Å². The number of nitrogens with one attached hydrogen (secondary N) is 1. The lowest BCUT2D eigenvalue weighted by Crippen LogP contribution is -2.34. The van der Waals surface area contributed by atoms with Crippen LogP contribution in [0.4, 0.5) is 30.6 Å². The third kappa shape index (κ3) is 3.77. The summed E-state index contributed by atoms with van der Waals surface area (Å²) in [7, 11) is 0. The summed E-state index contributed by atoms with van der Waals surface area (Å²) >= 11 is 0. The Hall–Kier alpha value is -2.31. The Labute approximate surface area is 138 Å². The lowest BCUT2D eigenvalue weighted by atomic mass is 10.00. The Morgan fingerprint density at radius 2 is 1.83 bits per heavy atom. The number of hydrogen-bond acceptors (Lipinski definition) is 4. The van der Waals surface area contributed by atoms with E-state index in [1.165, 1.54) is 12.1 Å². The van der Waals surface area contributed by atoms with Gasteiger partial charge in [0.1, 0.15) is 5.82 Å². The van der Waals surface area contributed by atoms with Gasteiger partial charge in [-0.1, -0.05) is 19.1 Å². The summed E-state index contributed by atoms with van der Waals surface area (Å²) in [5.74, 6) is 1.59. The number of para-hydroxylation sites is 1. The van der Waals surface area contributed by atoms with E-state index in [9.17, 15) is 13.2 Å². The van der Waals surface area contributed by atoms with Crippen LogP contribution in [0, 0.1) is 5.92 Å². The summed E-state index contributed by atoms with van der Waals surface area (Å²) in [6, 6.07) is 6.95. The molecule has 7 heteroatoms. The van der Waals surface area contributed by atoms with Gasteiger partial charge in [0.25, 0.3) is 0 Å². The van der Waals surface area contributed by atoms with E-state index in [0.29, 0.717) is 17.7 Å². The smallest absolute Gasteiger partial charge is 0.341 e. The summed E-state index contributed by atoms with van der Waals surface area (Å²) in [5.41, 5.74) is -0.723. The monoisotopic (exact) mass is 336 g/mol. The van der Waals surface area contributed by atoms with E-state index in [1.807, 2.05) is 0 Å². The maximum absolute atomic E-state index is 13.1. The molecule has 2 heterocycles. The van der Waals surface area contributed by atoms with E-state index >= 15 is 0 Å². The molecule has 1 N–H and O–H groups in total. The molecule has 0 saturated carbocycles. The van der Waals surface area contributed by atoms with Crippen LogP contribution >= 0.6 is 0 Å². The largest absolute Gasteiger partial charge is 0.418 e. The minimum absolute atomic E-state index is 0.0121. The van der Waals surface area contributed by atoms with Gasteiger partial charge in [0.15, 0.2) is 0 Å². The number of aromatic nitrogens is 2. The molecule has 1 aromatic heterocycles. The van der Waals surface area contributed by atoms with Crippen molar-refractivity contribution in [1.29, 1.82) is 0 Å². The molecule has 1 saturated heterocycles. The molecule has 0 amide bonds. The number of rotatable bonds is 3. The van der Waals surface area contributed by atoms with Gasteiger partial charge in [-0.25, -0.2) is 4.98 Å². The predicted octanol–water partition coefficient (Wildman–Crippen LogP) is 4.48. The van der Waals surface area contributed by atoms with Gasteiger partial charge in [0.05, 0.1) is 11.3 Å². The van der Waals surface area contributed by atoms with Gasteiger partial charge in [-0.05, 0) is 37.0 Å². The van der Waals surface area contributed by atoms with Crippen molar-refractivity contribution in [2.45, 2.75) is 25.9 Å². The van der Waals surface area contributed by atoms with Crippen molar-refractivity contribution >= 4 is 17.5 Å². The molecule has 1 aliphatic heterocycles. The first-order valence-corrected chi connectivity index (χ1v) is 7.95. The van der Waals surface area contributed by atoms with Crippen LogP contribution in [-0.2, 0) is 6.18 Å². The fraction of sp³-hybridized carbons (Fsp3) is 0.412. The van der Waals surface area contributed by atoms with Crippen LogP contribution < -0.4 is 10.2 Å². The SMILES string of the molecule is CC1CCN(c2nccc(Nc3ccccc3C(F)(F)F)n2)CC1. The molecule has 128 valence electrons. The lowest BCUT2D eigenvalue weighted by Gasteiger charge is -2.30. The summed E-state index contributed by atoms with van der Waals surface area (Å²) in [6.45, 7) is 3.94. The molecule has 0 unspecified atom stereocenters.